The van der Waals surface area contributed by atoms with Gasteiger partial charge < -0.3 is 14.4 Å². The Morgan fingerprint density at radius 2 is 1.85 bits per heavy atom. The Bertz CT molecular complexity index is 1210. The van der Waals surface area contributed by atoms with E-state index in [9.17, 15) is 9.59 Å². The number of amides is 1. The van der Waals surface area contributed by atoms with E-state index in [1.807, 2.05) is 53.4 Å². The van der Waals surface area contributed by atoms with Gasteiger partial charge in [-0.2, -0.15) is 5.10 Å². The van der Waals surface area contributed by atoms with Crippen molar-refractivity contribution >= 4 is 12.0 Å². The lowest BCUT2D eigenvalue weighted by atomic mass is 9.97. The molecule has 8 nitrogen and oxygen atoms in total. The molecule has 4 rings (SSSR count). The van der Waals surface area contributed by atoms with Crippen molar-refractivity contribution in [1.29, 1.82) is 0 Å². The lowest BCUT2D eigenvalue weighted by Crippen LogP contribution is -2.39. The number of carbonyl (C=O) groups excluding carboxylic acids is 1. The number of hydrogen-bond acceptors (Lipinski definition) is 5. The molecule has 1 aliphatic rings. The number of aromatic nitrogens is 3. The van der Waals surface area contributed by atoms with Crippen LogP contribution < -0.4 is 15.2 Å². The number of methoxy groups -OCH3 is 2. The molecule has 1 atom stereocenters. The Balaban J connectivity index is 1.53. The molecule has 1 fully saturated rings. The predicted octanol–water partition coefficient (Wildman–Crippen LogP) is 3.01. The van der Waals surface area contributed by atoms with Gasteiger partial charge in [-0.25, -0.2) is 14.0 Å². The zero-order chi connectivity index (χ0) is 23.4. The molecule has 1 amide bonds. The largest absolute Gasteiger partial charge is 0.493 e. The summed E-state index contributed by atoms with van der Waals surface area (Å²) in [5.74, 6) is 1.85. The van der Waals surface area contributed by atoms with E-state index in [4.69, 9.17) is 9.47 Å². The first-order chi connectivity index (χ1) is 16.0. The van der Waals surface area contributed by atoms with E-state index in [2.05, 4.69) is 5.10 Å². The molecule has 2 heterocycles. The summed E-state index contributed by atoms with van der Waals surface area (Å²) in [5, 5.41) is 4.52. The number of ether oxygens (including phenoxy) is 2. The molecule has 33 heavy (non-hydrogen) atoms. The first-order valence-electron chi connectivity index (χ1n) is 10.9. The molecule has 0 spiro atoms. The molecule has 1 aromatic heterocycles. The maximum absolute atomic E-state index is 12.9. The van der Waals surface area contributed by atoms with Crippen molar-refractivity contribution in [2.24, 2.45) is 7.05 Å². The van der Waals surface area contributed by atoms with E-state index in [0.717, 1.165) is 24.1 Å². The van der Waals surface area contributed by atoms with Crippen LogP contribution in [-0.4, -0.2) is 52.5 Å². The average Bonchev–Trinajstić information content (AvgIpc) is 3.16. The van der Waals surface area contributed by atoms with Crippen LogP contribution in [0.15, 0.2) is 59.4 Å². The van der Waals surface area contributed by atoms with Crippen molar-refractivity contribution in [3.63, 3.8) is 0 Å². The lowest BCUT2D eigenvalue weighted by Gasteiger charge is -2.31. The maximum atomic E-state index is 12.9. The van der Waals surface area contributed by atoms with Gasteiger partial charge in [0.25, 0.3) is 0 Å². The molecule has 8 heteroatoms. The van der Waals surface area contributed by atoms with Crippen LogP contribution in [0.1, 0.15) is 30.1 Å². The van der Waals surface area contributed by atoms with Gasteiger partial charge >= 0.3 is 5.69 Å². The number of likely N-dealkylation sites (tertiary alicyclic amines) is 1. The lowest BCUT2D eigenvalue weighted by molar-refractivity contribution is -0.127. The van der Waals surface area contributed by atoms with Crippen molar-refractivity contribution in [2.45, 2.75) is 18.8 Å². The van der Waals surface area contributed by atoms with Gasteiger partial charge in [-0.15, -0.1) is 0 Å². The fourth-order valence-corrected chi connectivity index (χ4v) is 4.19. The zero-order valence-corrected chi connectivity index (χ0v) is 19.1. The standard InChI is InChI=1S/C25H28N4O4/c1-27-25(31)29(20-9-5-4-6-10-20)24(26-27)19-8-7-15-28(17-19)23(30)14-12-18-11-13-21(32-2)22(16-18)33-3/h4-6,9-14,16,19H,7-8,15,17H2,1-3H3/b14-12+. The number of hydrogen-bond donors (Lipinski definition) is 0. The number of rotatable bonds is 6. The average molecular weight is 449 g/mol. The first kappa shape index (κ1) is 22.4. The highest BCUT2D eigenvalue weighted by Gasteiger charge is 2.29. The highest BCUT2D eigenvalue weighted by Crippen LogP contribution is 2.29. The van der Waals surface area contributed by atoms with Crippen molar-refractivity contribution in [1.82, 2.24) is 19.2 Å². The van der Waals surface area contributed by atoms with Crippen molar-refractivity contribution in [2.75, 3.05) is 27.3 Å². The van der Waals surface area contributed by atoms with Crippen LogP contribution in [0.4, 0.5) is 0 Å². The number of carbonyl (C=O) groups is 1. The fourth-order valence-electron chi connectivity index (χ4n) is 4.19. The molecule has 0 radical (unpaired) electrons. The summed E-state index contributed by atoms with van der Waals surface area (Å²) in [6.07, 6.45) is 5.06. The molecule has 0 aliphatic carbocycles. The molecule has 1 saturated heterocycles. The van der Waals surface area contributed by atoms with Crippen LogP contribution >= 0.6 is 0 Å². The highest BCUT2D eigenvalue weighted by atomic mass is 16.5. The minimum Gasteiger partial charge on any atom is -0.493 e. The topological polar surface area (TPSA) is 78.6 Å². The Kier molecular flexibility index (Phi) is 6.63. The molecule has 0 saturated carbocycles. The summed E-state index contributed by atoms with van der Waals surface area (Å²) in [5.41, 5.74) is 1.44. The van der Waals surface area contributed by atoms with Crippen molar-refractivity contribution in [3.05, 3.63) is 76.5 Å². The molecule has 1 aliphatic heterocycles. The quantitative estimate of drug-likeness (QED) is 0.542. The molecule has 1 unspecified atom stereocenters. The van der Waals surface area contributed by atoms with Gasteiger partial charge in [0.15, 0.2) is 11.5 Å². The first-order valence-corrected chi connectivity index (χ1v) is 10.9. The van der Waals surface area contributed by atoms with Crippen LogP contribution in [0, 0.1) is 0 Å². The third-order valence-corrected chi connectivity index (χ3v) is 5.89. The second kappa shape index (κ2) is 9.77. The number of para-hydroxylation sites is 1. The summed E-state index contributed by atoms with van der Waals surface area (Å²) in [4.78, 5) is 27.5. The second-order valence-electron chi connectivity index (χ2n) is 8.01. The number of piperidine rings is 1. The van der Waals surface area contributed by atoms with E-state index in [0.29, 0.717) is 30.4 Å². The normalized spacial score (nSPS) is 16.2. The zero-order valence-electron chi connectivity index (χ0n) is 19.1. The van der Waals surface area contributed by atoms with Crippen molar-refractivity contribution in [3.8, 4) is 17.2 Å². The Hall–Kier alpha value is -3.81. The SMILES string of the molecule is COc1ccc(/C=C/C(=O)N2CCCC(c3nn(C)c(=O)n3-c3ccccc3)C2)cc1OC. The monoisotopic (exact) mass is 448 g/mol. The maximum Gasteiger partial charge on any atom is 0.350 e. The van der Waals surface area contributed by atoms with Gasteiger partial charge in [-0.1, -0.05) is 24.3 Å². The summed E-state index contributed by atoms with van der Waals surface area (Å²) in [7, 11) is 4.82. The Labute approximate surface area is 192 Å². The van der Waals surface area contributed by atoms with Gasteiger partial charge in [-0.05, 0) is 48.7 Å². The van der Waals surface area contributed by atoms with Gasteiger partial charge in [0, 0.05) is 32.1 Å². The van der Waals surface area contributed by atoms with Crippen LogP contribution in [0.3, 0.4) is 0 Å². The minimum atomic E-state index is -0.187. The summed E-state index contributed by atoms with van der Waals surface area (Å²) in [6, 6.07) is 15.0. The number of aryl methyl sites for hydroxylation is 1. The molecule has 3 aromatic rings. The Morgan fingerprint density at radius 3 is 2.58 bits per heavy atom. The second-order valence-corrected chi connectivity index (χ2v) is 8.01. The predicted molar refractivity (Wildman–Crippen MR) is 126 cm³/mol. The third-order valence-electron chi connectivity index (χ3n) is 5.89. The fraction of sp³-hybridized carbons (Fsp3) is 0.320. The molecule has 172 valence electrons. The molecule has 2 aromatic carbocycles. The summed E-state index contributed by atoms with van der Waals surface area (Å²) in [6.45, 7) is 1.19. The van der Waals surface area contributed by atoms with Gasteiger partial charge in [0.1, 0.15) is 5.82 Å². The minimum absolute atomic E-state index is 0.0220. The molecular weight excluding hydrogens is 420 g/mol. The van der Waals surface area contributed by atoms with E-state index in [-0.39, 0.29) is 17.5 Å². The molecule has 0 N–H and O–H groups in total. The van der Waals surface area contributed by atoms with E-state index in [1.54, 1.807) is 38.0 Å². The smallest absolute Gasteiger partial charge is 0.350 e. The van der Waals surface area contributed by atoms with Crippen LogP contribution in [-0.2, 0) is 11.8 Å². The number of nitrogens with zero attached hydrogens (tertiary/aromatic N) is 4. The summed E-state index contributed by atoms with van der Waals surface area (Å²) < 4.78 is 13.6. The highest BCUT2D eigenvalue weighted by molar-refractivity contribution is 5.92. The number of benzene rings is 2. The van der Waals surface area contributed by atoms with Gasteiger partial charge in [0.2, 0.25) is 5.91 Å². The summed E-state index contributed by atoms with van der Waals surface area (Å²) >= 11 is 0. The van der Waals surface area contributed by atoms with E-state index >= 15 is 0 Å². The van der Waals surface area contributed by atoms with E-state index < -0.39 is 0 Å². The molecule has 0 bridgehead atoms. The van der Waals surface area contributed by atoms with E-state index in [1.165, 1.54) is 4.68 Å². The Morgan fingerprint density at radius 1 is 1.09 bits per heavy atom. The third kappa shape index (κ3) is 4.69. The van der Waals surface area contributed by atoms with Crippen molar-refractivity contribution < 1.29 is 14.3 Å². The van der Waals surface area contributed by atoms with Gasteiger partial charge in [0.05, 0.1) is 19.9 Å². The van der Waals surface area contributed by atoms with Crippen LogP contribution in [0.2, 0.25) is 0 Å². The van der Waals surface area contributed by atoms with Crippen LogP contribution in [0.5, 0.6) is 11.5 Å². The molecular formula is C25H28N4O4. The van der Waals surface area contributed by atoms with Crippen LogP contribution in [0.25, 0.3) is 11.8 Å². The van der Waals surface area contributed by atoms with Gasteiger partial charge in [-0.3, -0.25) is 4.79 Å².